The van der Waals surface area contributed by atoms with Crippen molar-refractivity contribution in [3.05, 3.63) is 21.4 Å². The molecule has 5 heteroatoms. The topological polar surface area (TPSA) is 46.3 Å². The fourth-order valence-corrected chi connectivity index (χ4v) is 4.69. The molecule has 1 fully saturated rings. The zero-order valence-electron chi connectivity index (χ0n) is 12.6. The first kappa shape index (κ1) is 16.8. The van der Waals surface area contributed by atoms with Gasteiger partial charge in [0.1, 0.15) is 0 Å². The van der Waals surface area contributed by atoms with Gasteiger partial charge < -0.3 is 10.6 Å². The number of fused-ring (bicyclic) bond motifs is 1. The van der Waals surface area contributed by atoms with Crippen molar-refractivity contribution < 1.29 is 4.79 Å². The average molecular weight is 329 g/mol. The molecular formula is C16H25ClN2OS. The van der Waals surface area contributed by atoms with Crippen LogP contribution in [-0.4, -0.2) is 29.9 Å². The van der Waals surface area contributed by atoms with Crippen molar-refractivity contribution in [3.63, 3.8) is 0 Å². The van der Waals surface area contributed by atoms with Gasteiger partial charge in [0.15, 0.2) is 0 Å². The highest BCUT2D eigenvalue weighted by Crippen LogP contribution is 2.32. The Morgan fingerprint density at radius 2 is 2.19 bits per heavy atom. The summed E-state index contributed by atoms with van der Waals surface area (Å²) in [5.74, 6) is 0.899. The first-order valence-electron chi connectivity index (χ1n) is 7.81. The molecule has 2 aliphatic rings. The fraction of sp³-hybridized carbons (Fsp3) is 0.688. The van der Waals surface area contributed by atoms with E-state index >= 15 is 0 Å². The van der Waals surface area contributed by atoms with Gasteiger partial charge in [0.25, 0.3) is 5.91 Å². The standard InChI is InChI=1S/C16H24N2OS.ClH/c1-11-6-7-18(13(8-11)10-17)16(19)15-9-12-4-2-3-5-14(12)20-15;/h9,11,13H,2-8,10,17H2,1H3;1H. The van der Waals surface area contributed by atoms with Gasteiger partial charge in [-0.25, -0.2) is 0 Å². The Kier molecular flexibility index (Phi) is 5.69. The summed E-state index contributed by atoms with van der Waals surface area (Å²) in [4.78, 5) is 17.2. The highest BCUT2D eigenvalue weighted by atomic mass is 35.5. The van der Waals surface area contributed by atoms with Gasteiger partial charge >= 0.3 is 0 Å². The van der Waals surface area contributed by atoms with Crippen LogP contribution in [0.4, 0.5) is 0 Å². The molecule has 1 saturated heterocycles. The number of carbonyl (C=O) groups is 1. The second-order valence-corrected chi connectivity index (χ2v) is 7.42. The Balaban J connectivity index is 0.00000161. The summed E-state index contributed by atoms with van der Waals surface area (Å²) in [7, 11) is 0. The summed E-state index contributed by atoms with van der Waals surface area (Å²) in [6, 6.07) is 2.37. The molecule has 0 bridgehead atoms. The van der Waals surface area contributed by atoms with Gasteiger partial charge in [-0.3, -0.25) is 4.79 Å². The summed E-state index contributed by atoms with van der Waals surface area (Å²) in [6.45, 7) is 3.71. The third kappa shape index (κ3) is 3.43. The number of halogens is 1. The van der Waals surface area contributed by atoms with Crippen LogP contribution in [0.15, 0.2) is 6.07 Å². The lowest BCUT2D eigenvalue weighted by atomic mass is 9.92. The molecule has 2 atom stereocenters. The number of nitrogens with two attached hydrogens (primary N) is 1. The van der Waals surface area contributed by atoms with Crippen molar-refractivity contribution in [2.24, 2.45) is 11.7 Å². The first-order chi connectivity index (χ1) is 9.69. The molecule has 2 N–H and O–H groups in total. The number of likely N-dealkylation sites (tertiary alicyclic amines) is 1. The minimum atomic E-state index is 0. The molecule has 1 aliphatic carbocycles. The Labute approximate surface area is 137 Å². The van der Waals surface area contributed by atoms with Crippen LogP contribution in [0.1, 0.15) is 52.7 Å². The van der Waals surface area contributed by atoms with Crippen molar-refractivity contribution in [1.29, 1.82) is 0 Å². The lowest BCUT2D eigenvalue weighted by molar-refractivity contribution is 0.0578. The number of aryl methyl sites for hydroxylation is 2. The Hall–Kier alpha value is -0.580. The molecule has 0 spiro atoms. The van der Waals surface area contributed by atoms with Crippen LogP contribution in [0.3, 0.4) is 0 Å². The predicted molar refractivity (Wildman–Crippen MR) is 90.5 cm³/mol. The second kappa shape index (κ2) is 7.12. The van der Waals surface area contributed by atoms with Crippen LogP contribution >= 0.6 is 23.7 Å². The Morgan fingerprint density at radius 1 is 1.43 bits per heavy atom. The molecule has 1 aromatic rings. The third-order valence-electron chi connectivity index (χ3n) is 4.72. The van der Waals surface area contributed by atoms with Gasteiger partial charge in [-0.05, 0) is 56.1 Å². The van der Waals surface area contributed by atoms with E-state index in [1.165, 1.54) is 23.3 Å². The molecule has 0 radical (unpaired) electrons. The molecule has 0 saturated carbocycles. The van der Waals surface area contributed by atoms with Crippen LogP contribution in [0.2, 0.25) is 0 Å². The minimum absolute atomic E-state index is 0. The molecule has 0 aromatic carbocycles. The first-order valence-corrected chi connectivity index (χ1v) is 8.63. The highest BCUT2D eigenvalue weighted by molar-refractivity contribution is 7.14. The van der Waals surface area contributed by atoms with E-state index in [4.69, 9.17) is 5.73 Å². The van der Waals surface area contributed by atoms with Crippen molar-refractivity contribution in [2.45, 2.75) is 51.5 Å². The van der Waals surface area contributed by atoms with Crippen LogP contribution < -0.4 is 5.73 Å². The van der Waals surface area contributed by atoms with E-state index in [-0.39, 0.29) is 24.4 Å². The van der Waals surface area contributed by atoms with E-state index in [9.17, 15) is 4.79 Å². The van der Waals surface area contributed by atoms with Crippen LogP contribution in [0.5, 0.6) is 0 Å². The summed E-state index contributed by atoms with van der Waals surface area (Å²) >= 11 is 1.72. The molecule has 1 aliphatic heterocycles. The summed E-state index contributed by atoms with van der Waals surface area (Å²) in [5, 5.41) is 0. The second-order valence-electron chi connectivity index (χ2n) is 6.28. The number of amides is 1. The Morgan fingerprint density at radius 3 is 2.90 bits per heavy atom. The van der Waals surface area contributed by atoms with Gasteiger partial charge in [-0.2, -0.15) is 0 Å². The van der Waals surface area contributed by atoms with E-state index in [0.717, 1.165) is 37.1 Å². The molecule has 3 nitrogen and oxygen atoms in total. The Bertz CT molecular complexity index is 479. The lowest BCUT2D eigenvalue weighted by Gasteiger charge is -2.37. The van der Waals surface area contributed by atoms with E-state index in [2.05, 4.69) is 13.0 Å². The van der Waals surface area contributed by atoms with Gasteiger partial charge in [-0.1, -0.05) is 6.92 Å². The monoisotopic (exact) mass is 328 g/mol. The zero-order chi connectivity index (χ0) is 14.1. The molecule has 2 heterocycles. The summed E-state index contributed by atoms with van der Waals surface area (Å²) in [5.41, 5.74) is 7.29. The third-order valence-corrected chi connectivity index (χ3v) is 5.94. The van der Waals surface area contributed by atoms with E-state index < -0.39 is 0 Å². The van der Waals surface area contributed by atoms with Crippen LogP contribution in [-0.2, 0) is 12.8 Å². The van der Waals surface area contributed by atoms with E-state index in [1.54, 1.807) is 11.3 Å². The quantitative estimate of drug-likeness (QED) is 0.905. The van der Waals surface area contributed by atoms with Gasteiger partial charge in [-0.15, -0.1) is 23.7 Å². The van der Waals surface area contributed by atoms with Crippen LogP contribution in [0.25, 0.3) is 0 Å². The van der Waals surface area contributed by atoms with Crippen molar-refractivity contribution >= 4 is 29.7 Å². The number of piperidine rings is 1. The average Bonchev–Trinajstić information content (AvgIpc) is 2.90. The minimum Gasteiger partial charge on any atom is -0.334 e. The van der Waals surface area contributed by atoms with Crippen molar-refractivity contribution in [3.8, 4) is 0 Å². The number of nitrogens with zero attached hydrogens (tertiary/aromatic N) is 1. The highest BCUT2D eigenvalue weighted by Gasteiger charge is 2.30. The smallest absolute Gasteiger partial charge is 0.264 e. The largest absolute Gasteiger partial charge is 0.334 e. The maximum Gasteiger partial charge on any atom is 0.264 e. The fourth-order valence-electron chi connectivity index (χ4n) is 3.48. The summed E-state index contributed by atoms with van der Waals surface area (Å²) < 4.78 is 0. The normalized spacial score (nSPS) is 25.1. The summed E-state index contributed by atoms with van der Waals surface area (Å²) in [6.07, 6.45) is 7.00. The van der Waals surface area contributed by atoms with E-state index in [0.29, 0.717) is 12.5 Å². The lowest BCUT2D eigenvalue weighted by Crippen LogP contribution is -2.49. The maximum absolute atomic E-state index is 12.8. The zero-order valence-corrected chi connectivity index (χ0v) is 14.3. The number of carbonyl (C=O) groups excluding carboxylic acids is 1. The van der Waals surface area contributed by atoms with Crippen molar-refractivity contribution in [2.75, 3.05) is 13.1 Å². The molecule has 1 aromatic heterocycles. The molecule has 3 rings (SSSR count). The molecular weight excluding hydrogens is 304 g/mol. The van der Waals surface area contributed by atoms with Gasteiger partial charge in [0.2, 0.25) is 0 Å². The van der Waals surface area contributed by atoms with Gasteiger partial charge in [0, 0.05) is 24.0 Å². The van der Waals surface area contributed by atoms with Crippen LogP contribution in [0, 0.1) is 5.92 Å². The predicted octanol–water partition coefficient (Wildman–Crippen LogP) is 3.25. The number of hydrogen-bond acceptors (Lipinski definition) is 3. The molecule has 2 unspecified atom stereocenters. The van der Waals surface area contributed by atoms with E-state index in [1.807, 2.05) is 4.90 Å². The number of rotatable bonds is 2. The van der Waals surface area contributed by atoms with Gasteiger partial charge in [0.05, 0.1) is 4.88 Å². The number of thiophene rings is 1. The molecule has 21 heavy (non-hydrogen) atoms. The maximum atomic E-state index is 12.8. The molecule has 118 valence electrons. The SMILES string of the molecule is CC1CCN(C(=O)c2cc3c(s2)CCCC3)C(CN)C1.Cl. The van der Waals surface area contributed by atoms with Crippen molar-refractivity contribution in [1.82, 2.24) is 4.90 Å². The number of hydrogen-bond donors (Lipinski definition) is 1. The molecule has 1 amide bonds.